The molecule has 0 aromatic heterocycles. The molecule has 26 heavy (non-hydrogen) atoms. The number of rotatable bonds is 8. The van der Waals surface area contributed by atoms with Crippen molar-refractivity contribution in [3.05, 3.63) is 35.9 Å². The highest BCUT2D eigenvalue weighted by atomic mass is 127. The Labute approximate surface area is 177 Å². The monoisotopic (exact) mass is 472 g/mol. The van der Waals surface area contributed by atoms with Crippen molar-refractivity contribution in [2.24, 2.45) is 4.99 Å². The predicted octanol–water partition coefficient (Wildman–Crippen LogP) is 4.23. The van der Waals surface area contributed by atoms with Crippen LogP contribution in [0.3, 0.4) is 0 Å². The molecule has 0 spiro atoms. The molecule has 2 unspecified atom stereocenters. The van der Waals surface area contributed by atoms with Crippen molar-refractivity contribution in [2.45, 2.75) is 57.9 Å². The van der Waals surface area contributed by atoms with Crippen LogP contribution in [-0.2, 0) is 0 Å². The lowest BCUT2D eigenvalue weighted by Gasteiger charge is -2.33. The first-order valence-corrected chi connectivity index (χ1v) is 9.94. The van der Waals surface area contributed by atoms with Crippen LogP contribution in [0.2, 0.25) is 0 Å². The minimum Gasteiger partial charge on any atom is -0.356 e. The highest BCUT2D eigenvalue weighted by molar-refractivity contribution is 14.0. The molecule has 0 bridgehead atoms. The van der Waals surface area contributed by atoms with Crippen molar-refractivity contribution in [2.75, 3.05) is 33.2 Å². The van der Waals surface area contributed by atoms with Crippen LogP contribution in [0.15, 0.2) is 35.3 Å². The fourth-order valence-corrected chi connectivity index (χ4v) is 3.51. The van der Waals surface area contributed by atoms with Crippen molar-refractivity contribution in [1.29, 1.82) is 0 Å². The molecule has 0 aliphatic carbocycles. The number of halogens is 1. The molecular formula is C21H37IN4. The summed E-state index contributed by atoms with van der Waals surface area (Å²) in [5, 5.41) is 6.89. The van der Waals surface area contributed by atoms with Gasteiger partial charge in [0.2, 0.25) is 0 Å². The van der Waals surface area contributed by atoms with Gasteiger partial charge in [-0.3, -0.25) is 4.99 Å². The molecule has 2 rings (SSSR count). The Morgan fingerprint density at radius 2 is 1.96 bits per heavy atom. The molecule has 1 aromatic carbocycles. The lowest BCUT2D eigenvalue weighted by molar-refractivity contribution is 0.158. The number of benzene rings is 1. The van der Waals surface area contributed by atoms with Gasteiger partial charge in [0.15, 0.2) is 5.96 Å². The number of hydrogen-bond donors (Lipinski definition) is 2. The Hall–Kier alpha value is -0.820. The zero-order valence-electron chi connectivity index (χ0n) is 16.7. The van der Waals surface area contributed by atoms with Crippen molar-refractivity contribution in [3.8, 4) is 0 Å². The molecule has 1 aliphatic rings. The van der Waals surface area contributed by atoms with Crippen LogP contribution < -0.4 is 10.6 Å². The lowest BCUT2D eigenvalue weighted by atomic mass is 10.0. The van der Waals surface area contributed by atoms with E-state index in [1.165, 1.54) is 50.8 Å². The number of nitrogens with zero attached hydrogens (tertiary/aromatic N) is 2. The molecule has 2 N–H and O–H groups in total. The number of likely N-dealkylation sites (tertiary alicyclic amines) is 1. The molecule has 2 atom stereocenters. The zero-order chi connectivity index (χ0) is 17.9. The van der Waals surface area contributed by atoms with Crippen LogP contribution in [0.1, 0.15) is 57.4 Å². The van der Waals surface area contributed by atoms with E-state index in [4.69, 9.17) is 0 Å². The first kappa shape index (κ1) is 23.2. The summed E-state index contributed by atoms with van der Waals surface area (Å²) in [6, 6.07) is 11.4. The molecule has 0 saturated carbocycles. The van der Waals surface area contributed by atoms with Gasteiger partial charge in [0.25, 0.3) is 0 Å². The maximum Gasteiger partial charge on any atom is 0.190 e. The summed E-state index contributed by atoms with van der Waals surface area (Å²) in [5.74, 6) is 1.38. The van der Waals surface area contributed by atoms with E-state index in [1.54, 1.807) is 0 Å². The molecule has 4 nitrogen and oxygen atoms in total. The van der Waals surface area contributed by atoms with Crippen LogP contribution in [0.25, 0.3) is 0 Å². The summed E-state index contributed by atoms with van der Waals surface area (Å²) in [4.78, 5) is 6.99. The summed E-state index contributed by atoms with van der Waals surface area (Å²) in [5.41, 5.74) is 1.36. The molecule has 1 saturated heterocycles. The second-order valence-corrected chi connectivity index (χ2v) is 7.28. The third-order valence-corrected chi connectivity index (χ3v) is 5.27. The van der Waals surface area contributed by atoms with Gasteiger partial charge in [-0.1, -0.05) is 43.7 Å². The molecule has 1 fully saturated rings. The number of aliphatic imine (C=N–C) groups is 1. The summed E-state index contributed by atoms with van der Waals surface area (Å²) in [6.07, 6.45) is 6.60. The van der Waals surface area contributed by atoms with Gasteiger partial charge in [0.05, 0.1) is 0 Å². The van der Waals surface area contributed by atoms with Gasteiger partial charge >= 0.3 is 0 Å². The maximum atomic E-state index is 4.34. The van der Waals surface area contributed by atoms with E-state index in [0.29, 0.717) is 5.92 Å². The minimum absolute atomic E-state index is 0. The van der Waals surface area contributed by atoms with Gasteiger partial charge < -0.3 is 15.5 Å². The summed E-state index contributed by atoms with van der Waals surface area (Å²) >= 11 is 0. The standard InChI is InChI=1S/C21H36N4.HI/c1-18(20-12-5-4-6-13-20)17-24-21(22-3)23-14-8-10-16-25-15-9-7-11-19(25)2;/h4-6,12-13,18-19H,7-11,14-17H2,1-3H3,(H2,22,23,24);1H. The smallest absolute Gasteiger partial charge is 0.190 e. The van der Waals surface area contributed by atoms with Gasteiger partial charge in [-0.15, -0.1) is 24.0 Å². The fourth-order valence-electron chi connectivity index (χ4n) is 3.51. The quantitative estimate of drug-likeness (QED) is 0.258. The Balaban J connectivity index is 0.00000338. The van der Waals surface area contributed by atoms with Crippen molar-refractivity contribution < 1.29 is 0 Å². The van der Waals surface area contributed by atoms with Crippen LogP contribution in [0.5, 0.6) is 0 Å². The molecule has 0 radical (unpaired) electrons. The van der Waals surface area contributed by atoms with Crippen molar-refractivity contribution >= 4 is 29.9 Å². The van der Waals surface area contributed by atoms with Crippen molar-refractivity contribution in [3.63, 3.8) is 0 Å². The van der Waals surface area contributed by atoms with Crippen LogP contribution in [0.4, 0.5) is 0 Å². The number of nitrogens with one attached hydrogen (secondary N) is 2. The van der Waals surface area contributed by atoms with E-state index in [9.17, 15) is 0 Å². The second-order valence-electron chi connectivity index (χ2n) is 7.28. The van der Waals surface area contributed by atoms with E-state index < -0.39 is 0 Å². The van der Waals surface area contributed by atoms with Crippen LogP contribution in [-0.4, -0.2) is 50.1 Å². The highest BCUT2D eigenvalue weighted by Crippen LogP contribution is 2.16. The molecule has 1 aliphatic heterocycles. The Kier molecular flexibility index (Phi) is 11.9. The number of guanidine groups is 1. The maximum absolute atomic E-state index is 4.34. The molecule has 0 amide bonds. The van der Waals surface area contributed by atoms with Crippen LogP contribution >= 0.6 is 24.0 Å². The average molecular weight is 472 g/mol. The molecule has 1 aromatic rings. The first-order valence-electron chi connectivity index (χ1n) is 9.94. The molecule has 1 heterocycles. The second kappa shape index (κ2) is 13.4. The Morgan fingerprint density at radius 1 is 1.19 bits per heavy atom. The lowest BCUT2D eigenvalue weighted by Crippen LogP contribution is -2.40. The predicted molar refractivity (Wildman–Crippen MR) is 124 cm³/mol. The fraction of sp³-hybridized carbons (Fsp3) is 0.667. The number of hydrogen-bond acceptors (Lipinski definition) is 2. The van der Waals surface area contributed by atoms with Gasteiger partial charge in [0, 0.05) is 26.2 Å². The van der Waals surface area contributed by atoms with E-state index in [1.807, 2.05) is 7.05 Å². The minimum atomic E-state index is 0. The van der Waals surface area contributed by atoms with Gasteiger partial charge in [-0.25, -0.2) is 0 Å². The molecule has 148 valence electrons. The summed E-state index contributed by atoms with van der Waals surface area (Å²) in [6.45, 7) is 9.03. The van der Waals surface area contributed by atoms with Crippen molar-refractivity contribution in [1.82, 2.24) is 15.5 Å². The molecular weight excluding hydrogens is 435 g/mol. The highest BCUT2D eigenvalue weighted by Gasteiger charge is 2.16. The van der Waals surface area contributed by atoms with E-state index in [2.05, 4.69) is 64.7 Å². The first-order chi connectivity index (χ1) is 12.2. The number of unbranched alkanes of at least 4 members (excludes halogenated alkanes) is 1. The topological polar surface area (TPSA) is 39.7 Å². The third-order valence-electron chi connectivity index (χ3n) is 5.27. The average Bonchev–Trinajstić information content (AvgIpc) is 2.65. The van der Waals surface area contributed by atoms with Gasteiger partial charge in [0.1, 0.15) is 0 Å². The van der Waals surface area contributed by atoms with E-state index in [0.717, 1.165) is 25.1 Å². The third kappa shape index (κ3) is 8.25. The zero-order valence-corrected chi connectivity index (χ0v) is 19.0. The Bertz CT molecular complexity index is 506. The van der Waals surface area contributed by atoms with E-state index in [-0.39, 0.29) is 24.0 Å². The van der Waals surface area contributed by atoms with E-state index >= 15 is 0 Å². The largest absolute Gasteiger partial charge is 0.356 e. The summed E-state index contributed by atoms with van der Waals surface area (Å²) in [7, 11) is 1.85. The van der Waals surface area contributed by atoms with Gasteiger partial charge in [-0.05, 0) is 57.2 Å². The SMILES string of the molecule is CN=C(NCCCCN1CCCCC1C)NCC(C)c1ccccc1.I. The summed E-state index contributed by atoms with van der Waals surface area (Å²) < 4.78 is 0. The number of piperidine rings is 1. The van der Waals surface area contributed by atoms with Crippen LogP contribution in [0, 0.1) is 0 Å². The van der Waals surface area contributed by atoms with Gasteiger partial charge in [-0.2, -0.15) is 0 Å². The normalized spacial score (nSPS) is 19.5. The Morgan fingerprint density at radius 3 is 2.65 bits per heavy atom. The molecule has 5 heteroatoms.